The van der Waals surface area contributed by atoms with Crippen molar-refractivity contribution in [1.29, 1.82) is 0 Å². The number of hydrogen-bond donors (Lipinski definition) is 3. The number of carbonyl (C=O) groups is 2. The van der Waals surface area contributed by atoms with E-state index < -0.39 is 0 Å². The van der Waals surface area contributed by atoms with E-state index >= 15 is 0 Å². The van der Waals surface area contributed by atoms with Crippen LogP contribution in [0, 0.1) is 11.8 Å². The molecule has 1 heterocycles. The third-order valence-electron chi connectivity index (χ3n) is 4.57. The highest BCUT2D eigenvalue weighted by molar-refractivity contribution is 6.02. The molecule has 2 aliphatic rings. The minimum atomic E-state index is -0.123. The number of aliphatic hydroxyl groups is 1. The van der Waals surface area contributed by atoms with E-state index in [1.54, 1.807) is 12.1 Å². The standard InChI is InChI=1S/C16H20N2O3/c19-9-13-3-1-2-12(13)8-17-16(21)11-5-4-10-7-15(20)18-14(10)6-11/h4-6,12-13,19H,1-3,7-9H2,(H,17,21)(H,18,20). The van der Waals surface area contributed by atoms with Crippen LogP contribution in [-0.4, -0.2) is 30.1 Å². The van der Waals surface area contributed by atoms with Gasteiger partial charge in [0.05, 0.1) is 6.42 Å². The largest absolute Gasteiger partial charge is 0.396 e. The number of fused-ring (bicyclic) bond motifs is 1. The van der Waals surface area contributed by atoms with Gasteiger partial charge in [0.15, 0.2) is 0 Å². The van der Waals surface area contributed by atoms with E-state index in [4.69, 9.17) is 0 Å². The Labute approximate surface area is 123 Å². The van der Waals surface area contributed by atoms with E-state index in [0.717, 1.165) is 30.5 Å². The molecule has 0 spiro atoms. The molecule has 2 amide bonds. The van der Waals surface area contributed by atoms with E-state index in [2.05, 4.69) is 10.6 Å². The lowest BCUT2D eigenvalue weighted by Crippen LogP contribution is -2.31. The zero-order valence-corrected chi connectivity index (χ0v) is 11.9. The second-order valence-corrected chi connectivity index (χ2v) is 5.94. The molecule has 3 N–H and O–H groups in total. The molecule has 1 aromatic carbocycles. The molecule has 0 bridgehead atoms. The van der Waals surface area contributed by atoms with Gasteiger partial charge in [-0.15, -0.1) is 0 Å². The van der Waals surface area contributed by atoms with Crippen LogP contribution in [0.1, 0.15) is 35.2 Å². The number of hydrogen-bond acceptors (Lipinski definition) is 3. The van der Waals surface area contributed by atoms with Crippen molar-refractivity contribution in [1.82, 2.24) is 5.32 Å². The molecule has 1 saturated carbocycles. The Morgan fingerprint density at radius 1 is 1.33 bits per heavy atom. The van der Waals surface area contributed by atoms with Crippen molar-refractivity contribution in [3.05, 3.63) is 29.3 Å². The smallest absolute Gasteiger partial charge is 0.251 e. The van der Waals surface area contributed by atoms with E-state index in [0.29, 0.717) is 30.4 Å². The first-order chi connectivity index (χ1) is 10.2. The Kier molecular flexibility index (Phi) is 3.92. The third-order valence-corrected chi connectivity index (χ3v) is 4.57. The minimum absolute atomic E-state index is 0.0284. The topological polar surface area (TPSA) is 78.4 Å². The van der Waals surface area contributed by atoms with Crippen LogP contribution in [0.5, 0.6) is 0 Å². The summed E-state index contributed by atoms with van der Waals surface area (Å²) in [5, 5.41) is 15.0. The molecule has 1 aromatic rings. The first-order valence-electron chi connectivity index (χ1n) is 7.49. The molecule has 2 unspecified atom stereocenters. The van der Waals surface area contributed by atoms with Crippen molar-refractivity contribution in [2.24, 2.45) is 11.8 Å². The van der Waals surface area contributed by atoms with E-state index in [1.165, 1.54) is 0 Å². The van der Waals surface area contributed by atoms with Crippen LogP contribution in [0.25, 0.3) is 0 Å². The Bertz CT molecular complexity index is 571. The number of anilines is 1. The summed E-state index contributed by atoms with van der Waals surface area (Å²) in [6, 6.07) is 5.31. The SMILES string of the molecule is O=C1Cc2ccc(C(=O)NCC3CCCC3CO)cc2N1. The first kappa shape index (κ1) is 14.1. The number of amides is 2. The molecule has 21 heavy (non-hydrogen) atoms. The van der Waals surface area contributed by atoms with Crippen LogP contribution in [0.15, 0.2) is 18.2 Å². The fraction of sp³-hybridized carbons (Fsp3) is 0.500. The van der Waals surface area contributed by atoms with Gasteiger partial charge in [0.25, 0.3) is 5.91 Å². The summed E-state index contributed by atoms with van der Waals surface area (Å²) in [5.74, 6) is 0.527. The van der Waals surface area contributed by atoms with Gasteiger partial charge in [-0.2, -0.15) is 0 Å². The van der Waals surface area contributed by atoms with Gasteiger partial charge in [-0.25, -0.2) is 0 Å². The molecular formula is C16H20N2O3. The van der Waals surface area contributed by atoms with Gasteiger partial charge >= 0.3 is 0 Å². The van der Waals surface area contributed by atoms with Gasteiger partial charge in [-0.3, -0.25) is 9.59 Å². The second kappa shape index (κ2) is 5.85. The van der Waals surface area contributed by atoms with Crippen LogP contribution in [0.4, 0.5) is 5.69 Å². The summed E-state index contributed by atoms with van der Waals surface area (Å²) in [7, 11) is 0. The van der Waals surface area contributed by atoms with Crippen LogP contribution in [-0.2, 0) is 11.2 Å². The highest BCUT2D eigenvalue weighted by Crippen LogP contribution is 2.30. The number of aliphatic hydroxyl groups excluding tert-OH is 1. The molecule has 3 rings (SSSR count). The van der Waals surface area contributed by atoms with Gasteiger partial charge in [-0.1, -0.05) is 12.5 Å². The van der Waals surface area contributed by atoms with Crippen LogP contribution in [0.2, 0.25) is 0 Å². The van der Waals surface area contributed by atoms with Crippen LogP contribution < -0.4 is 10.6 Å². The Morgan fingerprint density at radius 3 is 2.95 bits per heavy atom. The highest BCUT2D eigenvalue weighted by atomic mass is 16.3. The first-order valence-corrected chi connectivity index (χ1v) is 7.49. The molecule has 0 radical (unpaired) electrons. The van der Waals surface area contributed by atoms with E-state index in [9.17, 15) is 14.7 Å². The number of nitrogens with one attached hydrogen (secondary N) is 2. The van der Waals surface area contributed by atoms with Gasteiger partial charge in [0.1, 0.15) is 0 Å². The fourth-order valence-electron chi connectivity index (χ4n) is 3.30. The van der Waals surface area contributed by atoms with Crippen molar-refractivity contribution < 1.29 is 14.7 Å². The van der Waals surface area contributed by atoms with Crippen molar-refractivity contribution in [3.8, 4) is 0 Å². The lowest BCUT2D eigenvalue weighted by molar-refractivity contribution is -0.115. The molecule has 1 fully saturated rings. The van der Waals surface area contributed by atoms with Gasteiger partial charge in [0, 0.05) is 24.4 Å². The lowest BCUT2D eigenvalue weighted by atomic mass is 9.97. The van der Waals surface area contributed by atoms with Crippen molar-refractivity contribution >= 4 is 17.5 Å². The maximum absolute atomic E-state index is 12.2. The van der Waals surface area contributed by atoms with E-state index in [1.807, 2.05) is 6.07 Å². The predicted molar refractivity (Wildman–Crippen MR) is 79.0 cm³/mol. The fourth-order valence-corrected chi connectivity index (χ4v) is 3.30. The molecule has 112 valence electrons. The molecule has 5 nitrogen and oxygen atoms in total. The summed E-state index contributed by atoms with van der Waals surface area (Å²) in [6.07, 6.45) is 3.61. The second-order valence-electron chi connectivity index (χ2n) is 5.94. The zero-order valence-electron chi connectivity index (χ0n) is 11.9. The Hall–Kier alpha value is -1.88. The molecule has 0 saturated heterocycles. The highest BCUT2D eigenvalue weighted by Gasteiger charge is 2.27. The monoisotopic (exact) mass is 288 g/mol. The number of benzene rings is 1. The average Bonchev–Trinajstić information content (AvgIpc) is 3.08. The van der Waals surface area contributed by atoms with E-state index in [-0.39, 0.29) is 18.4 Å². The Morgan fingerprint density at radius 2 is 2.14 bits per heavy atom. The molecule has 1 aliphatic carbocycles. The Balaban J connectivity index is 1.61. The van der Waals surface area contributed by atoms with Gasteiger partial charge < -0.3 is 15.7 Å². The third kappa shape index (κ3) is 2.93. The summed E-state index contributed by atoms with van der Waals surface area (Å²) in [6.45, 7) is 0.804. The number of carbonyl (C=O) groups excluding carboxylic acids is 2. The number of rotatable bonds is 4. The minimum Gasteiger partial charge on any atom is -0.396 e. The van der Waals surface area contributed by atoms with Crippen LogP contribution >= 0.6 is 0 Å². The summed E-state index contributed by atoms with van der Waals surface area (Å²) in [4.78, 5) is 23.5. The van der Waals surface area contributed by atoms with Crippen molar-refractivity contribution in [2.75, 3.05) is 18.5 Å². The summed E-state index contributed by atoms with van der Waals surface area (Å²) < 4.78 is 0. The molecule has 1 aliphatic heterocycles. The molecule has 2 atom stereocenters. The van der Waals surface area contributed by atoms with Crippen molar-refractivity contribution in [2.45, 2.75) is 25.7 Å². The maximum Gasteiger partial charge on any atom is 0.251 e. The van der Waals surface area contributed by atoms with Crippen LogP contribution in [0.3, 0.4) is 0 Å². The molecular weight excluding hydrogens is 268 g/mol. The summed E-state index contributed by atoms with van der Waals surface area (Å²) >= 11 is 0. The van der Waals surface area contributed by atoms with Crippen molar-refractivity contribution in [3.63, 3.8) is 0 Å². The zero-order chi connectivity index (χ0) is 14.8. The summed E-state index contributed by atoms with van der Waals surface area (Å²) in [5.41, 5.74) is 2.24. The average molecular weight is 288 g/mol. The predicted octanol–water partition coefficient (Wildman–Crippen LogP) is 1.32. The quantitative estimate of drug-likeness (QED) is 0.782. The molecule has 5 heteroatoms. The maximum atomic E-state index is 12.2. The van der Waals surface area contributed by atoms with Gasteiger partial charge in [-0.05, 0) is 42.4 Å². The normalized spacial score (nSPS) is 23.8. The molecule has 0 aromatic heterocycles. The van der Waals surface area contributed by atoms with Gasteiger partial charge in [0.2, 0.25) is 5.91 Å². The lowest BCUT2D eigenvalue weighted by Gasteiger charge is -2.17.